The highest BCUT2D eigenvalue weighted by Gasteiger charge is 2.28. The molecule has 0 radical (unpaired) electrons. The quantitative estimate of drug-likeness (QED) is 0.845. The zero-order valence-corrected chi connectivity index (χ0v) is 14.5. The lowest BCUT2D eigenvalue weighted by Gasteiger charge is -2.19. The molecule has 0 fully saturated rings. The van der Waals surface area contributed by atoms with Crippen molar-refractivity contribution in [3.63, 3.8) is 0 Å². The van der Waals surface area contributed by atoms with Gasteiger partial charge < -0.3 is 9.26 Å². The van der Waals surface area contributed by atoms with E-state index in [0.29, 0.717) is 5.92 Å². The van der Waals surface area contributed by atoms with E-state index < -0.39 is 0 Å². The molecule has 0 aliphatic carbocycles. The molecule has 1 atom stereocenters. The first-order valence-corrected chi connectivity index (χ1v) is 8.07. The van der Waals surface area contributed by atoms with Gasteiger partial charge in [-0.15, -0.1) is 0 Å². The number of rotatable bonds is 5. The van der Waals surface area contributed by atoms with Crippen LogP contribution in [0.1, 0.15) is 48.3 Å². The minimum Gasteiger partial charge on any atom is -0.472 e. The van der Waals surface area contributed by atoms with Crippen LogP contribution in [0.4, 0.5) is 0 Å². The minimum absolute atomic E-state index is 0.112. The van der Waals surface area contributed by atoms with E-state index in [1.807, 2.05) is 19.9 Å². The van der Waals surface area contributed by atoms with Gasteiger partial charge in [-0.25, -0.2) is 4.98 Å². The van der Waals surface area contributed by atoms with Gasteiger partial charge in [-0.1, -0.05) is 19.0 Å². The van der Waals surface area contributed by atoms with Gasteiger partial charge in [0.15, 0.2) is 0 Å². The van der Waals surface area contributed by atoms with Crippen LogP contribution in [-0.4, -0.2) is 39.7 Å². The van der Waals surface area contributed by atoms with E-state index in [0.717, 1.165) is 53.9 Å². The molecule has 6 nitrogen and oxygen atoms in total. The third kappa shape index (κ3) is 3.52. The molecule has 0 saturated heterocycles. The zero-order chi connectivity index (χ0) is 16.6. The Labute approximate surface area is 136 Å². The molecule has 0 saturated carbocycles. The largest absolute Gasteiger partial charge is 0.472 e. The molecule has 23 heavy (non-hydrogen) atoms. The Morgan fingerprint density at radius 2 is 2.09 bits per heavy atom. The third-order valence-electron chi connectivity index (χ3n) is 4.09. The number of likely N-dealkylation sites (N-methyl/N-ethyl adjacent to an activating group) is 1. The summed E-state index contributed by atoms with van der Waals surface area (Å²) >= 11 is 0. The van der Waals surface area contributed by atoms with Crippen LogP contribution in [0.3, 0.4) is 0 Å². The molecule has 124 valence electrons. The topological polar surface area (TPSA) is 64.3 Å². The molecule has 1 aliphatic rings. The molecular formula is C17H24N4O2. The van der Waals surface area contributed by atoms with E-state index >= 15 is 0 Å². The molecule has 0 bridgehead atoms. The molecule has 0 unspecified atom stereocenters. The van der Waals surface area contributed by atoms with Crippen molar-refractivity contribution in [2.45, 2.75) is 52.7 Å². The number of aromatic nitrogens is 3. The van der Waals surface area contributed by atoms with Crippen LogP contribution in [0.25, 0.3) is 0 Å². The van der Waals surface area contributed by atoms with E-state index in [1.54, 1.807) is 0 Å². The number of aryl methyl sites for hydroxylation is 2. The number of hydrogen-bond donors (Lipinski definition) is 0. The van der Waals surface area contributed by atoms with Crippen molar-refractivity contribution in [2.24, 2.45) is 0 Å². The summed E-state index contributed by atoms with van der Waals surface area (Å²) in [7, 11) is 2.07. The second-order valence-corrected chi connectivity index (χ2v) is 6.66. The maximum absolute atomic E-state index is 5.98. The average molecular weight is 316 g/mol. The second-order valence-electron chi connectivity index (χ2n) is 6.66. The first-order valence-electron chi connectivity index (χ1n) is 8.07. The Hall–Kier alpha value is -1.95. The summed E-state index contributed by atoms with van der Waals surface area (Å²) < 4.78 is 11.3. The van der Waals surface area contributed by atoms with E-state index in [1.165, 1.54) is 0 Å². The number of ether oxygens (including phenoxy) is 1. The first-order chi connectivity index (χ1) is 10.9. The summed E-state index contributed by atoms with van der Waals surface area (Å²) in [6.07, 6.45) is 0.975. The van der Waals surface area contributed by atoms with Gasteiger partial charge in [0.1, 0.15) is 17.7 Å². The van der Waals surface area contributed by atoms with Crippen molar-refractivity contribution in [3.05, 3.63) is 34.6 Å². The zero-order valence-electron chi connectivity index (χ0n) is 14.5. The van der Waals surface area contributed by atoms with Crippen LogP contribution in [0.5, 0.6) is 5.88 Å². The van der Waals surface area contributed by atoms with Crippen LogP contribution in [0, 0.1) is 13.8 Å². The van der Waals surface area contributed by atoms with E-state index in [4.69, 9.17) is 9.26 Å². The molecule has 0 aromatic carbocycles. The maximum Gasteiger partial charge on any atom is 0.220 e. The summed E-state index contributed by atoms with van der Waals surface area (Å²) in [6, 6.07) is 2.03. The van der Waals surface area contributed by atoms with E-state index in [2.05, 4.69) is 40.9 Å². The summed E-state index contributed by atoms with van der Waals surface area (Å²) in [5, 5.41) is 4.14. The van der Waals surface area contributed by atoms with Crippen LogP contribution in [0.2, 0.25) is 0 Å². The molecule has 1 aliphatic heterocycles. The molecule has 3 heterocycles. The van der Waals surface area contributed by atoms with Gasteiger partial charge in [0.25, 0.3) is 0 Å². The lowest BCUT2D eigenvalue weighted by molar-refractivity contribution is 0.159. The lowest BCUT2D eigenvalue weighted by atomic mass is 10.1. The molecule has 2 aromatic heterocycles. The van der Waals surface area contributed by atoms with Gasteiger partial charge in [0, 0.05) is 42.8 Å². The predicted molar refractivity (Wildman–Crippen MR) is 86.6 cm³/mol. The highest BCUT2D eigenvalue weighted by Crippen LogP contribution is 2.29. The summed E-state index contributed by atoms with van der Waals surface area (Å²) in [6.45, 7) is 9.68. The fourth-order valence-corrected chi connectivity index (χ4v) is 2.93. The molecule has 6 heteroatoms. The molecular weight excluding hydrogens is 292 g/mol. The fourth-order valence-electron chi connectivity index (χ4n) is 2.93. The molecule has 0 spiro atoms. The third-order valence-corrected chi connectivity index (χ3v) is 4.09. The minimum atomic E-state index is 0.112. The Morgan fingerprint density at radius 1 is 1.30 bits per heavy atom. The van der Waals surface area contributed by atoms with Crippen LogP contribution < -0.4 is 4.74 Å². The SMILES string of the molecule is Cc1nc(C)c2c(n1)O[C@@H](CN(C)Cc1cc(C(C)C)on1)C2. The van der Waals surface area contributed by atoms with Gasteiger partial charge in [-0.2, -0.15) is 4.98 Å². The fraction of sp³-hybridized carbons (Fsp3) is 0.588. The van der Waals surface area contributed by atoms with Crippen LogP contribution >= 0.6 is 0 Å². The standard InChI is InChI=1S/C17H24N4O2/c1-10(2)16-6-13(20-23-16)8-21(5)9-14-7-15-11(3)18-12(4)19-17(15)22-14/h6,10,14H,7-9H2,1-5H3/t14-/m1/s1. The lowest BCUT2D eigenvalue weighted by Crippen LogP contribution is -2.31. The van der Waals surface area contributed by atoms with E-state index in [9.17, 15) is 0 Å². The van der Waals surface area contributed by atoms with Crippen molar-refractivity contribution in [3.8, 4) is 5.88 Å². The summed E-state index contributed by atoms with van der Waals surface area (Å²) in [4.78, 5) is 11.0. The van der Waals surface area contributed by atoms with Crippen molar-refractivity contribution in [2.75, 3.05) is 13.6 Å². The van der Waals surface area contributed by atoms with Crippen molar-refractivity contribution < 1.29 is 9.26 Å². The summed E-state index contributed by atoms with van der Waals surface area (Å²) in [5.74, 6) is 2.80. The monoisotopic (exact) mass is 316 g/mol. The molecule has 0 N–H and O–H groups in total. The first kappa shape index (κ1) is 15.9. The van der Waals surface area contributed by atoms with Crippen LogP contribution in [-0.2, 0) is 13.0 Å². The predicted octanol–water partition coefficient (Wildman–Crippen LogP) is 2.64. The highest BCUT2D eigenvalue weighted by atomic mass is 16.5. The van der Waals surface area contributed by atoms with Gasteiger partial charge in [0.05, 0.1) is 5.69 Å². The van der Waals surface area contributed by atoms with Gasteiger partial charge in [0.2, 0.25) is 5.88 Å². The number of hydrogen-bond acceptors (Lipinski definition) is 6. The Morgan fingerprint density at radius 3 is 2.78 bits per heavy atom. The van der Waals surface area contributed by atoms with Crippen molar-refractivity contribution >= 4 is 0 Å². The number of nitrogens with zero attached hydrogens (tertiary/aromatic N) is 4. The Balaban J connectivity index is 1.59. The van der Waals surface area contributed by atoms with Gasteiger partial charge >= 0.3 is 0 Å². The van der Waals surface area contributed by atoms with Crippen molar-refractivity contribution in [1.82, 2.24) is 20.0 Å². The second kappa shape index (κ2) is 6.28. The van der Waals surface area contributed by atoms with E-state index in [-0.39, 0.29) is 6.10 Å². The van der Waals surface area contributed by atoms with Crippen LogP contribution in [0.15, 0.2) is 10.6 Å². The molecule has 2 aromatic rings. The average Bonchev–Trinajstić information content (AvgIpc) is 3.05. The maximum atomic E-state index is 5.98. The highest BCUT2D eigenvalue weighted by molar-refractivity contribution is 5.34. The van der Waals surface area contributed by atoms with Gasteiger partial charge in [-0.3, -0.25) is 4.90 Å². The molecule has 0 amide bonds. The normalized spacial score (nSPS) is 16.9. The number of fused-ring (bicyclic) bond motifs is 1. The Kier molecular flexibility index (Phi) is 4.35. The van der Waals surface area contributed by atoms with Gasteiger partial charge in [-0.05, 0) is 20.9 Å². The smallest absolute Gasteiger partial charge is 0.220 e. The van der Waals surface area contributed by atoms with Crippen molar-refractivity contribution in [1.29, 1.82) is 0 Å². The summed E-state index contributed by atoms with van der Waals surface area (Å²) in [5.41, 5.74) is 3.12. The molecule has 3 rings (SSSR count). The Bertz CT molecular complexity index is 696.